The average Bonchev–Trinajstić information content (AvgIpc) is 3.47. The van der Waals surface area contributed by atoms with Gasteiger partial charge < -0.3 is 14.2 Å². The van der Waals surface area contributed by atoms with E-state index in [1.165, 1.54) is 141 Å². The molecule has 0 N–H and O–H groups in total. The van der Waals surface area contributed by atoms with E-state index >= 15 is 0 Å². The Bertz CT molecular complexity index is 1720. The Morgan fingerprint density at radius 3 is 0.827 bits per heavy atom. The molecular weight excluding hydrogens is 997 g/mol. The second-order valence-corrected chi connectivity index (χ2v) is 22.0. The van der Waals surface area contributed by atoms with Crippen LogP contribution in [0.15, 0.2) is 134 Å². The first-order chi connectivity index (χ1) is 40.0. The molecule has 0 aliphatic carbocycles. The molecule has 6 nitrogen and oxygen atoms in total. The van der Waals surface area contributed by atoms with Crippen LogP contribution < -0.4 is 0 Å². The molecule has 0 spiro atoms. The van der Waals surface area contributed by atoms with Crippen molar-refractivity contribution < 1.29 is 28.6 Å². The van der Waals surface area contributed by atoms with Crippen LogP contribution in [0.2, 0.25) is 0 Å². The second-order valence-electron chi connectivity index (χ2n) is 22.0. The van der Waals surface area contributed by atoms with Crippen molar-refractivity contribution in [1.29, 1.82) is 0 Å². The van der Waals surface area contributed by atoms with Gasteiger partial charge in [0, 0.05) is 19.3 Å². The molecule has 0 saturated carbocycles. The first kappa shape index (κ1) is 76.5. The first-order valence-electron chi connectivity index (χ1n) is 33.7. The molecule has 0 aromatic rings. The van der Waals surface area contributed by atoms with E-state index in [4.69, 9.17) is 14.2 Å². The summed E-state index contributed by atoms with van der Waals surface area (Å²) in [7, 11) is 0. The molecule has 6 heteroatoms. The SMILES string of the molecule is CC/C=C\C/C=C\C/C=C\C/C=C\C/C=C\CCCCCC(=O)OC(COC(=O)CCC/C=C\C/C=C\C/C=C\C/C=C\C/C=C\CC)COC(=O)CCCCCCCCCCCCCCCCC/C=C\CCCCCCCCCC. The van der Waals surface area contributed by atoms with Gasteiger partial charge in [0.2, 0.25) is 0 Å². The highest BCUT2D eigenvalue weighted by atomic mass is 16.6. The molecule has 0 amide bonds. The standard InChI is InChI=1S/C75H124O6/c1-4-7-10-13-16-19-22-25-28-31-33-34-35-36-37-38-39-40-42-44-47-50-53-56-59-62-65-68-74(77)80-71-72(70-79-73(76)67-64-61-58-55-52-49-46-43-30-27-24-21-18-15-12-9-6-3)81-75(78)69-66-63-60-57-54-51-48-45-41-32-29-26-23-20-17-14-11-8-5-2/h8-9,11-12,17-18,20-21,26-27,29-31,33,41,45-46,49,51,54-55,58,72H,4-7,10,13-16,19,22-25,28,32,34-40,42-44,47-48,50,52-53,56-57,59-71H2,1-3H3/b11-8-,12-9-,20-17-,21-18-,29-26-,30-27-,33-31-,45-41-,49-46-,54-51-,58-55-. The summed E-state index contributed by atoms with van der Waals surface area (Å²) in [6, 6.07) is 0. The lowest BCUT2D eigenvalue weighted by atomic mass is 10.0. The van der Waals surface area contributed by atoms with Gasteiger partial charge in [-0.1, -0.05) is 289 Å². The Hall–Kier alpha value is -4.45. The minimum absolute atomic E-state index is 0.112. The average molecular weight is 1120 g/mol. The predicted octanol–water partition coefficient (Wildman–Crippen LogP) is 23.3. The number of hydrogen-bond donors (Lipinski definition) is 0. The van der Waals surface area contributed by atoms with E-state index in [0.29, 0.717) is 19.3 Å². The Labute approximate surface area is 500 Å². The molecule has 0 aromatic heterocycles. The molecule has 1 unspecified atom stereocenters. The molecule has 0 aliphatic rings. The number of rotatable bonds is 60. The maximum Gasteiger partial charge on any atom is 0.306 e. The third kappa shape index (κ3) is 66.2. The fourth-order valence-electron chi connectivity index (χ4n) is 9.15. The fourth-order valence-corrected chi connectivity index (χ4v) is 9.15. The Morgan fingerprint density at radius 1 is 0.259 bits per heavy atom. The summed E-state index contributed by atoms with van der Waals surface area (Å²) < 4.78 is 16.9. The maximum absolute atomic E-state index is 12.9. The zero-order valence-corrected chi connectivity index (χ0v) is 52.8. The Kier molecular flexibility index (Phi) is 64.3. The van der Waals surface area contributed by atoms with E-state index < -0.39 is 6.10 Å². The minimum Gasteiger partial charge on any atom is -0.462 e. The first-order valence-corrected chi connectivity index (χ1v) is 33.7. The third-order valence-corrected chi connectivity index (χ3v) is 14.1. The van der Waals surface area contributed by atoms with Crippen LogP contribution in [0.3, 0.4) is 0 Å². The van der Waals surface area contributed by atoms with Crippen molar-refractivity contribution in [2.24, 2.45) is 0 Å². The lowest BCUT2D eigenvalue weighted by Crippen LogP contribution is -2.30. The van der Waals surface area contributed by atoms with Crippen molar-refractivity contribution in [3.63, 3.8) is 0 Å². The molecule has 0 radical (unpaired) electrons. The molecular formula is C75H124O6. The summed E-state index contributed by atoms with van der Waals surface area (Å²) in [6.07, 6.45) is 96.2. The van der Waals surface area contributed by atoms with Gasteiger partial charge in [0.15, 0.2) is 6.10 Å². The van der Waals surface area contributed by atoms with E-state index in [-0.39, 0.29) is 44.0 Å². The van der Waals surface area contributed by atoms with Crippen molar-refractivity contribution in [3.05, 3.63) is 134 Å². The smallest absolute Gasteiger partial charge is 0.306 e. The molecule has 0 aromatic carbocycles. The largest absolute Gasteiger partial charge is 0.462 e. The van der Waals surface area contributed by atoms with Gasteiger partial charge in [0.1, 0.15) is 13.2 Å². The molecule has 0 fully saturated rings. The van der Waals surface area contributed by atoms with Gasteiger partial charge in [-0.15, -0.1) is 0 Å². The second kappa shape index (κ2) is 68.1. The van der Waals surface area contributed by atoms with E-state index in [2.05, 4.69) is 154 Å². The monoisotopic (exact) mass is 1120 g/mol. The van der Waals surface area contributed by atoms with Gasteiger partial charge in [-0.25, -0.2) is 0 Å². The number of carbonyl (C=O) groups excluding carboxylic acids is 3. The quantitative estimate of drug-likeness (QED) is 0.0261. The van der Waals surface area contributed by atoms with E-state index in [0.717, 1.165) is 109 Å². The van der Waals surface area contributed by atoms with Crippen LogP contribution in [0.5, 0.6) is 0 Å². The van der Waals surface area contributed by atoms with Gasteiger partial charge in [0.25, 0.3) is 0 Å². The summed E-state index contributed by atoms with van der Waals surface area (Å²) in [4.78, 5) is 38.4. The number of allylic oxidation sites excluding steroid dienone is 22. The highest BCUT2D eigenvalue weighted by Gasteiger charge is 2.19. The van der Waals surface area contributed by atoms with Crippen LogP contribution in [0, 0.1) is 0 Å². The van der Waals surface area contributed by atoms with Gasteiger partial charge in [0.05, 0.1) is 0 Å². The Morgan fingerprint density at radius 2 is 0.494 bits per heavy atom. The zero-order chi connectivity index (χ0) is 58.5. The van der Waals surface area contributed by atoms with Crippen molar-refractivity contribution >= 4 is 17.9 Å². The number of unbranched alkanes of at least 4 members (excludes halogenated alkanes) is 27. The summed E-state index contributed by atoms with van der Waals surface area (Å²) in [6.45, 7) is 6.36. The number of ether oxygens (including phenoxy) is 3. The minimum atomic E-state index is -0.825. The summed E-state index contributed by atoms with van der Waals surface area (Å²) in [5, 5.41) is 0. The molecule has 460 valence electrons. The normalized spacial score (nSPS) is 13.0. The number of esters is 3. The van der Waals surface area contributed by atoms with Crippen molar-refractivity contribution in [1.82, 2.24) is 0 Å². The topological polar surface area (TPSA) is 78.9 Å². The van der Waals surface area contributed by atoms with Crippen LogP contribution in [0.4, 0.5) is 0 Å². The van der Waals surface area contributed by atoms with Crippen molar-refractivity contribution in [2.75, 3.05) is 13.2 Å². The summed E-state index contributed by atoms with van der Waals surface area (Å²) in [5.41, 5.74) is 0. The van der Waals surface area contributed by atoms with Gasteiger partial charge in [-0.2, -0.15) is 0 Å². The van der Waals surface area contributed by atoms with Crippen LogP contribution in [-0.2, 0) is 28.6 Å². The van der Waals surface area contributed by atoms with Crippen molar-refractivity contribution in [2.45, 2.75) is 309 Å². The van der Waals surface area contributed by atoms with E-state index in [9.17, 15) is 14.4 Å². The lowest BCUT2D eigenvalue weighted by Gasteiger charge is -2.18. The molecule has 0 aliphatic heterocycles. The predicted molar refractivity (Wildman–Crippen MR) is 353 cm³/mol. The fraction of sp³-hybridized carbons (Fsp3) is 0.667. The van der Waals surface area contributed by atoms with Crippen LogP contribution in [0.1, 0.15) is 303 Å². The van der Waals surface area contributed by atoms with Crippen LogP contribution in [-0.4, -0.2) is 37.2 Å². The summed E-state index contributed by atoms with van der Waals surface area (Å²) in [5.74, 6) is -1.00. The van der Waals surface area contributed by atoms with E-state index in [1.54, 1.807) is 0 Å². The van der Waals surface area contributed by atoms with Gasteiger partial charge >= 0.3 is 17.9 Å². The Balaban J connectivity index is 4.42. The number of hydrogen-bond acceptors (Lipinski definition) is 6. The zero-order valence-electron chi connectivity index (χ0n) is 52.8. The van der Waals surface area contributed by atoms with Crippen molar-refractivity contribution in [3.8, 4) is 0 Å². The lowest BCUT2D eigenvalue weighted by molar-refractivity contribution is -0.167. The number of carbonyl (C=O) groups is 3. The maximum atomic E-state index is 12.9. The molecule has 0 bridgehead atoms. The highest BCUT2D eigenvalue weighted by molar-refractivity contribution is 5.71. The van der Waals surface area contributed by atoms with E-state index in [1.807, 2.05) is 0 Å². The van der Waals surface area contributed by atoms with Gasteiger partial charge in [-0.05, 0) is 128 Å². The third-order valence-electron chi connectivity index (χ3n) is 14.1. The van der Waals surface area contributed by atoms with Crippen LogP contribution >= 0.6 is 0 Å². The molecule has 81 heavy (non-hydrogen) atoms. The van der Waals surface area contributed by atoms with Gasteiger partial charge in [-0.3, -0.25) is 14.4 Å². The highest BCUT2D eigenvalue weighted by Crippen LogP contribution is 2.16. The molecule has 0 rings (SSSR count). The van der Waals surface area contributed by atoms with Crippen LogP contribution in [0.25, 0.3) is 0 Å². The molecule has 0 saturated heterocycles. The molecule has 1 atom stereocenters. The summed E-state index contributed by atoms with van der Waals surface area (Å²) >= 11 is 0. The molecule has 0 heterocycles.